The average Bonchev–Trinajstić information content (AvgIpc) is 2.39. The van der Waals surface area contributed by atoms with Gasteiger partial charge in [-0.1, -0.05) is 12.1 Å². The van der Waals surface area contributed by atoms with Gasteiger partial charge in [0.15, 0.2) is 0 Å². The number of rotatable bonds is 3. The van der Waals surface area contributed by atoms with Gasteiger partial charge in [0.1, 0.15) is 10.7 Å². The van der Waals surface area contributed by atoms with Crippen LogP contribution in [0.25, 0.3) is 0 Å². The van der Waals surface area contributed by atoms with Gasteiger partial charge in [-0.2, -0.15) is 0 Å². The molecule has 2 aromatic carbocycles. The summed E-state index contributed by atoms with van der Waals surface area (Å²) in [5, 5.41) is 10.8. The van der Waals surface area contributed by atoms with Gasteiger partial charge in [-0.25, -0.2) is 12.8 Å². The molecule has 7 heteroatoms. The third-order valence-corrected chi connectivity index (χ3v) is 4.29. The van der Waals surface area contributed by atoms with E-state index in [1.165, 1.54) is 12.1 Å². The number of halogens is 1. The minimum atomic E-state index is -4.04. The summed E-state index contributed by atoms with van der Waals surface area (Å²) in [7, 11) is -4.04. The molecule has 0 saturated carbocycles. The van der Waals surface area contributed by atoms with Crippen LogP contribution in [0.2, 0.25) is 0 Å². The highest BCUT2D eigenvalue weighted by atomic mass is 32.2. The summed E-state index contributed by atoms with van der Waals surface area (Å²) in [6.45, 7) is 0. The lowest BCUT2D eigenvalue weighted by Gasteiger charge is -2.05. The molecule has 0 bridgehead atoms. The first-order chi connectivity index (χ1) is 8.93. The number of hydrogen-bond donors (Lipinski definition) is 0. The molecule has 0 N–H and O–H groups in total. The van der Waals surface area contributed by atoms with Crippen molar-refractivity contribution in [3.05, 3.63) is 64.5 Å². The van der Waals surface area contributed by atoms with Gasteiger partial charge in [0.25, 0.3) is 5.69 Å². The van der Waals surface area contributed by atoms with Crippen molar-refractivity contribution in [1.29, 1.82) is 0 Å². The zero-order valence-electron chi connectivity index (χ0n) is 9.49. The fraction of sp³-hybridized carbons (Fsp3) is 0. The number of para-hydroxylation sites is 1. The zero-order chi connectivity index (χ0) is 14.0. The van der Waals surface area contributed by atoms with Crippen LogP contribution in [0.4, 0.5) is 10.1 Å². The monoisotopic (exact) mass is 281 g/mol. The van der Waals surface area contributed by atoms with Crippen molar-refractivity contribution >= 4 is 15.5 Å². The Labute approximate surface area is 108 Å². The highest BCUT2D eigenvalue weighted by Crippen LogP contribution is 2.28. The second-order valence-electron chi connectivity index (χ2n) is 3.68. The van der Waals surface area contributed by atoms with Crippen molar-refractivity contribution in [1.82, 2.24) is 0 Å². The molecule has 0 atom stereocenters. The van der Waals surface area contributed by atoms with Crippen LogP contribution >= 0.6 is 0 Å². The molecule has 2 aromatic rings. The summed E-state index contributed by atoms with van der Waals surface area (Å²) < 4.78 is 37.3. The van der Waals surface area contributed by atoms with Crippen molar-refractivity contribution in [2.24, 2.45) is 0 Å². The van der Waals surface area contributed by atoms with Gasteiger partial charge in [-0.05, 0) is 30.3 Å². The molecule has 0 saturated heterocycles. The molecule has 19 heavy (non-hydrogen) atoms. The van der Waals surface area contributed by atoms with Crippen molar-refractivity contribution in [2.45, 2.75) is 9.79 Å². The number of benzene rings is 2. The highest BCUT2D eigenvalue weighted by molar-refractivity contribution is 7.91. The third kappa shape index (κ3) is 2.45. The van der Waals surface area contributed by atoms with E-state index in [4.69, 9.17) is 0 Å². The lowest BCUT2D eigenvalue weighted by molar-refractivity contribution is -0.387. The summed E-state index contributed by atoms with van der Waals surface area (Å²) in [4.78, 5) is 9.47. The van der Waals surface area contributed by atoms with Gasteiger partial charge in [-0.15, -0.1) is 0 Å². The molecular weight excluding hydrogens is 273 g/mol. The lowest BCUT2D eigenvalue weighted by Crippen LogP contribution is -2.05. The van der Waals surface area contributed by atoms with Gasteiger partial charge in [0.05, 0.1) is 9.82 Å². The molecule has 0 amide bonds. The summed E-state index contributed by atoms with van der Waals surface area (Å²) in [5.41, 5.74) is -0.508. The summed E-state index contributed by atoms with van der Waals surface area (Å²) >= 11 is 0. The Balaban J connectivity index is 2.63. The SMILES string of the molecule is O=[N+]([O-])c1ccccc1S(=O)(=O)c1ccc(F)cc1. The van der Waals surface area contributed by atoms with Gasteiger partial charge in [0.2, 0.25) is 9.84 Å². The lowest BCUT2D eigenvalue weighted by atomic mass is 10.3. The van der Waals surface area contributed by atoms with Crippen molar-refractivity contribution in [3.63, 3.8) is 0 Å². The van der Waals surface area contributed by atoms with Crippen molar-refractivity contribution in [3.8, 4) is 0 Å². The highest BCUT2D eigenvalue weighted by Gasteiger charge is 2.26. The van der Waals surface area contributed by atoms with E-state index in [1.54, 1.807) is 0 Å². The second kappa shape index (κ2) is 4.77. The normalized spacial score (nSPS) is 11.2. The molecule has 0 aromatic heterocycles. The van der Waals surface area contributed by atoms with Gasteiger partial charge < -0.3 is 0 Å². The standard InChI is InChI=1S/C12H8FNO4S/c13-9-5-7-10(8-6-9)19(17,18)12-4-2-1-3-11(12)14(15)16/h1-8H. The first kappa shape index (κ1) is 13.2. The van der Waals surface area contributed by atoms with E-state index in [2.05, 4.69) is 0 Å². The molecular formula is C12H8FNO4S. The Morgan fingerprint density at radius 1 is 1.00 bits per heavy atom. The minimum absolute atomic E-state index is 0.191. The van der Waals surface area contributed by atoms with Gasteiger partial charge >= 0.3 is 0 Å². The molecule has 0 unspecified atom stereocenters. The van der Waals surface area contributed by atoms with Crippen LogP contribution in [0.3, 0.4) is 0 Å². The Kier molecular flexibility index (Phi) is 3.30. The molecule has 0 aliphatic heterocycles. The molecule has 5 nitrogen and oxygen atoms in total. The van der Waals surface area contributed by atoms with Crippen LogP contribution in [0.5, 0.6) is 0 Å². The van der Waals surface area contributed by atoms with E-state index in [1.807, 2.05) is 0 Å². The van der Waals surface area contributed by atoms with Crippen LogP contribution in [-0.4, -0.2) is 13.3 Å². The maximum Gasteiger partial charge on any atom is 0.288 e. The Bertz CT molecular complexity index is 726. The summed E-state index contributed by atoms with van der Waals surface area (Å²) in [6, 6.07) is 9.14. The number of nitro benzene ring substituents is 1. The molecule has 0 spiro atoms. The van der Waals surface area contributed by atoms with Crippen molar-refractivity contribution in [2.75, 3.05) is 0 Å². The Hall–Kier alpha value is -2.28. The van der Waals surface area contributed by atoms with Crippen LogP contribution < -0.4 is 0 Å². The van der Waals surface area contributed by atoms with E-state index >= 15 is 0 Å². The van der Waals surface area contributed by atoms with Crippen LogP contribution in [0.15, 0.2) is 58.3 Å². The molecule has 0 heterocycles. The van der Waals surface area contributed by atoms with Gasteiger partial charge in [-0.3, -0.25) is 10.1 Å². The minimum Gasteiger partial charge on any atom is -0.258 e. The Morgan fingerprint density at radius 3 is 2.16 bits per heavy atom. The molecule has 0 fully saturated rings. The fourth-order valence-electron chi connectivity index (χ4n) is 1.58. The van der Waals surface area contributed by atoms with E-state index in [9.17, 15) is 22.9 Å². The second-order valence-corrected chi connectivity index (χ2v) is 5.60. The van der Waals surface area contributed by atoms with Crippen molar-refractivity contribution < 1.29 is 17.7 Å². The maximum atomic E-state index is 12.8. The first-order valence-electron chi connectivity index (χ1n) is 5.17. The maximum absolute atomic E-state index is 12.8. The first-order valence-corrected chi connectivity index (χ1v) is 6.65. The number of nitro groups is 1. The van der Waals surface area contributed by atoms with E-state index in [0.29, 0.717) is 0 Å². The quantitative estimate of drug-likeness (QED) is 0.492. The van der Waals surface area contributed by atoms with Crippen LogP contribution in [-0.2, 0) is 9.84 Å². The summed E-state index contributed by atoms with van der Waals surface area (Å²) in [5.74, 6) is -0.582. The predicted molar refractivity (Wildman–Crippen MR) is 64.9 cm³/mol. The Morgan fingerprint density at radius 2 is 1.58 bits per heavy atom. The predicted octanol–water partition coefficient (Wildman–Crippen LogP) is 2.57. The fourth-order valence-corrected chi connectivity index (χ4v) is 3.00. The van der Waals surface area contributed by atoms with Gasteiger partial charge in [0, 0.05) is 6.07 Å². The molecule has 0 aliphatic carbocycles. The third-order valence-electron chi connectivity index (χ3n) is 2.48. The number of sulfone groups is 1. The smallest absolute Gasteiger partial charge is 0.258 e. The topological polar surface area (TPSA) is 77.3 Å². The van der Waals surface area contributed by atoms with E-state index in [0.717, 1.165) is 36.4 Å². The molecule has 0 radical (unpaired) electrons. The number of nitrogens with zero attached hydrogens (tertiary/aromatic N) is 1. The molecule has 0 aliphatic rings. The molecule has 2 rings (SSSR count). The van der Waals surface area contributed by atoms with Crippen LogP contribution in [0.1, 0.15) is 0 Å². The van der Waals surface area contributed by atoms with Crippen LogP contribution in [0, 0.1) is 15.9 Å². The number of hydrogen-bond acceptors (Lipinski definition) is 4. The summed E-state index contributed by atoms with van der Waals surface area (Å²) in [6.07, 6.45) is 0. The van der Waals surface area contributed by atoms with E-state index in [-0.39, 0.29) is 4.90 Å². The largest absolute Gasteiger partial charge is 0.288 e. The van der Waals surface area contributed by atoms with E-state index < -0.39 is 31.2 Å². The molecule has 98 valence electrons. The average molecular weight is 281 g/mol. The zero-order valence-corrected chi connectivity index (χ0v) is 10.3.